The van der Waals surface area contributed by atoms with Crippen LogP contribution in [-0.4, -0.2) is 18.8 Å². The summed E-state index contributed by atoms with van der Waals surface area (Å²) in [5.74, 6) is 1.03. The quantitative estimate of drug-likeness (QED) is 0.853. The molecule has 112 valence electrons. The number of alkyl halides is 3. The van der Waals surface area contributed by atoms with Gasteiger partial charge in [-0.1, -0.05) is 13.3 Å². The van der Waals surface area contributed by atoms with Gasteiger partial charge in [-0.05, 0) is 49.4 Å². The van der Waals surface area contributed by atoms with Crippen molar-refractivity contribution in [1.82, 2.24) is 0 Å². The van der Waals surface area contributed by atoms with E-state index in [0.717, 1.165) is 18.0 Å². The second-order valence-corrected chi connectivity index (χ2v) is 5.36. The molecule has 20 heavy (non-hydrogen) atoms. The molecular weight excluding hydrogens is 267 g/mol. The van der Waals surface area contributed by atoms with Crippen LogP contribution in [0.25, 0.3) is 0 Å². The van der Waals surface area contributed by atoms with E-state index >= 15 is 0 Å². The topological polar surface area (TPSA) is 21.3 Å². The van der Waals surface area contributed by atoms with Gasteiger partial charge in [-0.2, -0.15) is 13.2 Å². The van der Waals surface area contributed by atoms with Gasteiger partial charge >= 0.3 is 6.18 Å². The Kier molecular flexibility index (Phi) is 4.78. The molecule has 0 aliphatic heterocycles. The summed E-state index contributed by atoms with van der Waals surface area (Å²) in [5.41, 5.74) is 0.936. The molecule has 2 unspecified atom stereocenters. The molecule has 1 aliphatic rings. The van der Waals surface area contributed by atoms with E-state index in [-0.39, 0.29) is 5.75 Å². The van der Waals surface area contributed by atoms with E-state index < -0.39 is 12.8 Å². The zero-order chi connectivity index (χ0) is 14.6. The number of halogens is 3. The van der Waals surface area contributed by atoms with Crippen LogP contribution in [0.5, 0.6) is 5.75 Å². The lowest BCUT2D eigenvalue weighted by Crippen LogP contribution is -2.19. The molecule has 0 bridgehead atoms. The van der Waals surface area contributed by atoms with Crippen molar-refractivity contribution in [1.29, 1.82) is 0 Å². The fourth-order valence-electron chi connectivity index (χ4n) is 2.63. The van der Waals surface area contributed by atoms with Gasteiger partial charge in [0.15, 0.2) is 6.61 Å². The fraction of sp³-hybridized carbons (Fsp3) is 0.600. The number of ether oxygens (including phenoxy) is 1. The zero-order valence-electron chi connectivity index (χ0n) is 11.5. The van der Waals surface area contributed by atoms with Crippen molar-refractivity contribution in [2.45, 2.75) is 44.8 Å². The molecule has 0 spiro atoms. The van der Waals surface area contributed by atoms with Crippen LogP contribution in [0.15, 0.2) is 24.3 Å². The first-order valence-electron chi connectivity index (χ1n) is 7.02. The Morgan fingerprint density at radius 3 is 2.45 bits per heavy atom. The minimum absolute atomic E-state index is 0.241. The highest BCUT2D eigenvalue weighted by molar-refractivity contribution is 5.47. The lowest BCUT2D eigenvalue weighted by Gasteiger charge is -2.15. The standard InChI is InChI=1S/C15H20F3NO/c1-2-11-3-4-13(9-11)19-12-5-7-14(8-6-12)20-10-15(16,17)18/h5-8,11,13,19H,2-4,9-10H2,1H3. The zero-order valence-corrected chi connectivity index (χ0v) is 11.5. The Morgan fingerprint density at radius 2 is 1.90 bits per heavy atom. The summed E-state index contributed by atoms with van der Waals surface area (Å²) in [6.07, 6.45) is 0.493. The first-order valence-corrected chi connectivity index (χ1v) is 7.02. The Morgan fingerprint density at radius 1 is 1.20 bits per heavy atom. The molecule has 2 rings (SSSR count). The van der Waals surface area contributed by atoms with Gasteiger partial charge < -0.3 is 10.1 Å². The molecule has 2 atom stereocenters. The summed E-state index contributed by atoms with van der Waals surface area (Å²) in [6.45, 7) is 0.959. The minimum Gasteiger partial charge on any atom is -0.484 e. The van der Waals surface area contributed by atoms with Crippen molar-refractivity contribution < 1.29 is 17.9 Å². The van der Waals surface area contributed by atoms with Crippen molar-refractivity contribution in [2.75, 3.05) is 11.9 Å². The lowest BCUT2D eigenvalue weighted by molar-refractivity contribution is -0.153. The molecule has 0 saturated heterocycles. The van der Waals surface area contributed by atoms with E-state index in [1.165, 1.54) is 19.3 Å². The molecule has 2 nitrogen and oxygen atoms in total. The maximum atomic E-state index is 12.0. The highest BCUT2D eigenvalue weighted by Gasteiger charge is 2.28. The molecule has 0 aromatic heterocycles. The van der Waals surface area contributed by atoms with Crippen molar-refractivity contribution in [3.63, 3.8) is 0 Å². The number of benzene rings is 1. The van der Waals surface area contributed by atoms with Gasteiger partial charge in [0.05, 0.1) is 0 Å². The minimum atomic E-state index is -4.30. The third-order valence-corrected chi connectivity index (χ3v) is 3.75. The van der Waals surface area contributed by atoms with Gasteiger partial charge in [0.2, 0.25) is 0 Å². The largest absolute Gasteiger partial charge is 0.484 e. The van der Waals surface area contributed by atoms with Crippen molar-refractivity contribution >= 4 is 5.69 Å². The van der Waals surface area contributed by atoms with Crippen LogP contribution < -0.4 is 10.1 Å². The average molecular weight is 287 g/mol. The van der Waals surface area contributed by atoms with Crippen molar-refractivity contribution in [2.24, 2.45) is 5.92 Å². The predicted octanol–water partition coefficient (Wildman–Crippen LogP) is 4.62. The number of anilines is 1. The van der Waals surface area contributed by atoms with Crippen molar-refractivity contribution in [3.8, 4) is 5.75 Å². The SMILES string of the molecule is CCC1CCC(Nc2ccc(OCC(F)(F)F)cc2)C1. The Labute approximate surface area is 117 Å². The third kappa shape index (κ3) is 4.62. The van der Waals surface area contributed by atoms with E-state index in [0.29, 0.717) is 6.04 Å². The molecule has 1 aromatic carbocycles. The van der Waals surface area contributed by atoms with E-state index in [2.05, 4.69) is 17.0 Å². The molecule has 0 heterocycles. The highest BCUT2D eigenvalue weighted by Crippen LogP contribution is 2.30. The maximum absolute atomic E-state index is 12.0. The molecular formula is C15H20F3NO. The average Bonchev–Trinajstić information content (AvgIpc) is 2.85. The van der Waals surface area contributed by atoms with Crippen LogP contribution in [-0.2, 0) is 0 Å². The van der Waals surface area contributed by atoms with Crippen LogP contribution in [0.1, 0.15) is 32.6 Å². The Balaban J connectivity index is 1.83. The van der Waals surface area contributed by atoms with Crippen LogP contribution >= 0.6 is 0 Å². The van der Waals surface area contributed by atoms with Crippen LogP contribution in [0.3, 0.4) is 0 Å². The number of rotatable bonds is 5. The van der Waals surface area contributed by atoms with E-state index in [1.807, 2.05) is 0 Å². The van der Waals surface area contributed by atoms with E-state index in [1.54, 1.807) is 24.3 Å². The smallest absolute Gasteiger partial charge is 0.422 e. The van der Waals surface area contributed by atoms with E-state index in [9.17, 15) is 13.2 Å². The molecule has 5 heteroatoms. The van der Waals surface area contributed by atoms with Gasteiger partial charge in [0, 0.05) is 11.7 Å². The van der Waals surface area contributed by atoms with Crippen LogP contribution in [0.2, 0.25) is 0 Å². The molecule has 1 aliphatic carbocycles. The molecule has 0 amide bonds. The van der Waals surface area contributed by atoms with Gasteiger partial charge in [0.1, 0.15) is 5.75 Å². The fourth-order valence-corrected chi connectivity index (χ4v) is 2.63. The van der Waals surface area contributed by atoms with Gasteiger partial charge in [0.25, 0.3) is 0 Å². The molecule has 1 saturated carbocycles. The van der Waals surface area contributed by atoms with Crippen LogP contribution in [0.4, 0.5) is 18.9 Å². The summed E-state index contributed by atoms with van der Waals surface area (Å²) in [6, 6.07) is 7.15. The summed E-state index contributed by atoms with van der Waals surface area (Å²) < 4.78 is 40.7. The maximum Gasteiger partial charge on any atom is 0.422 e. The normalized spacial score (nSPS) is 22.8. The summed E-state index contributed by atoms with van der Waals surface area (Å²) in [7, 11) is 0. The highest BCUT2D eigenvalue weighted by atomic mass is 19.4. The Bertz CT molecular complexity index is 416. The summed E-state index contributed by atoms with van der Waals surface area (Å²) >= 11 is 0. The molecule has 1 N–H and O–H groups in total. The number of hydrogen-bond acceptors (Lipinski definition) is 2. The monoisotopic (exact) mass is 287 g/mol. The number of hydrogen-bond donors (Lipinski definition) is 1. The van der Waals surface area contributed by atoms with Gasteiger partial charge in [-0.3, -0.25) is 0 Å². The molecule has 1 aromatic rings. The Hall–Kier alpha value is -1.39. The van der Waals surface area contributed by atoms with Gasteiger partial charge in [-0.25, -0.2) is 0 Å². The van der Waals surface area contributed by atoms with E-state index in [4.69, 9.17) is 0 Å². The summed E-state index contributed by atoms with van der Waals surface area (Å²) in [5, 5.41) is 3.43. The predicted molar refractivity (Wildman–Crippen MR) is 73.0 cm³/mol. The first kappa shape index (κ1) is 15.0. The van der Waals surface area contributed by atoms with Crippen molar-refractivity contribution in [3.05, 3.63) is 24.3 Å². The summed E-state index contributed by atoms with van der Waals surface area (Å²) in [4.78, 5) is 0. The first-order chi connectivity index (χ1) is 9.46. The number of nitrogens with one attached hydrogen (secondary N) is 1. The molecule has 0 radical (unpaired) electrons. The third-order valence-electron chi connectivity index (χ3n) is 3.75. The second-order valence-electron chi connectivity index (χ2n) is 5.36. The van der Waals surface area contributed by atoms with Gasteiger partial charge in [-0.15, -0.1) is 0 Å². The molecule has 1 fully saturated rings. The van der Waals surface area contributed by atoms with Crippen LogP contribution in [0, 0.1) is 5.92 Å². The lowest BCUT2D eigenvalue weighted by atomic mass is 10.1. The second kappa shape index (κ2) is 6.37.